The molecule has 0 aliphatic heterocycles. The van der Waals surface area contributed by atoms with Gasteiger partial charge < -0.3 is 23.8 Å². The average Bonchev–Trinajstić information content (AvgIpc) is 3.05. The molecule has 0 radical (unpaired) electrons. The number of quaternary nitrogens is 1. The zero-order valence-electron chi connectivity index (χ0n) is 31.4. The number of unbranched alkanes of at least 4 members (excludes halogenated alkanes) is 5. The van der Waals surface area contributed by atoms with Crippen molar-refractivity contribution in [2.24, 2.45) is 0 Å². The largest absolute Gasteiger partial charge is 0.477 e. The molecule has 0 aromatic rings. The van der Waals surface area contributed by atoms with Gasteiger partial charge in [0.15, 0.2) is 12.1 Å². The van der Waals surface area contributed by atoms with Crippen LogP contribution in [0.25, 0.3) is 0 Å². The number of carbonyl (C=O) groups excluding carboxylic acids is 2. The second kappa shape index (κ2) is 32.0. The Hall–Kier alpha value is -3.23. The van der Waals surface area contributed by atoms with E-state index in [0.29, 0.717) is 12.8 Å². The van der Waals surface area contributed by atoms with Gasteiger partial charge in [0, 0.05) is 19.3 Å². The Morgan fingerprint density at radius 2 is 1.10 bits per heavy atom. The molecule has 1 N–H and O–H groups in total. The van der Waals surface area contributed by atoms with E-state index in [4.69, 9.17) is 14.2 Å². The molecule has 49 heavy (non-hydrogen) atoms. The number of hydrogen-bond acceptors (Lipinski definition) is 6. The van der Waals surface area contributed by atoms with Crippen LogP contribution in [0.5, 0.6) is 0 Å². The number of ether oxygens (including phenoxy) is 3. The molecule has 2 atom stereocenters. The van der Waals surface area contributed by atoms with E-state index in [0.717, 1.165) is 77.0 Å². The van der Waals surface area contributed by atoms with Gasteiger partial charge in [-0.05, 0) is 70.6 Å². The smallest absolute Gasteiger partial charge is 0.362 e. The normalized spacial score (nSPS) is 13.9. The van der Waals surface area contributed by atoms with Crippen LogP contribution in [0, 0.1) is 0 Å². The first-order valence-corrected chi connectivity index (χ1v) is 18.5. The number of carboxylic acids is 1. The van der Waals surface area contributed by atoms with Crippen molar-refractivity contribution in [1.82, 2.24) is 0 Å². The molecule has 0 bridgehead atoms. The van der Waals surface area contributed by atoms with Crippen LogP contribution in [0.3, 0.4) is 0 Å². The van der Waals surface area contributed by atoms with E-state index < -0.39 is 18.1 Å². The standard InChI is InChI=1S/C41H67NO7/c1-6-8-10-12-14-16-18-19-20-22-24-26-28-30-32-40(44)49-37(35-47-34-33-38(41(45)46)42(3,4)5)36-48-39(43)31-29-27-25-23-21-17-15-13-11-9-7-2/h8-11,14-17,19-20,23,25,37-38H,6-7,12-13,18,21-22,24,26-36H2,1-5H3/p+1/b10-8+,11-9+,16-14+,17-15+,20-19+,25-23+. The molecule has 0 fully saturated rings. The summed E-state index contributed by atoms with van der Waals surface area (Å²) in [5.74, 6) is -1.58. The highest BCUT2D eigenvalue weighted by molar-refractivity contribution is 5.72. The second-order valence-electron chi connectivity index (χ2n) is 13.1. The maximum absolute atomic E-state index is 12.6. The zero-order chi connectivity index (χ0) is 36.4. The van der Waals surface area contributed by atoms with E-state index in [1.54, 1.807) is 0 Å². The summed E-state index contributed by atoms with van der Waals surface area (Å²) in [6.45, 7) is 4.38. The first-order chi connectivity index (χ1) is 23.6. The molecule has 278 valence electrons. The maximum atomic E-state index is 12.6. The van der Waals surface area contributed by atoms with E-state index >= 15 is 0 Å². The number of aliphatic carboxylic acids is 1. The van der Waals surface area contributed by atoms with Crippen LogP contribution in [0.15, 0.2) is 72.9 Å². The molecule has 0 spiro atoms. The van der Waals surface area contributed by atoms with Gasteiger partial charge in [0.05, 0.1) is 34.4 Å². The topological polar surface area (TPSA) is 99.1 Å². The molecule has 0 rings (SSSR count). The molecule has 0 aromatic carbocycles. The van der Waals surface area contributed by atoms with Crippen LogP contribution >= 0.6 is 0 Å². The first-order valence-electron chi connectivity index (χ1n) is 18.5. The van der Waals surface area contributed by atoms with E-state index in [1.165, 1.54) is 0 Å². The molecule has 0 aliphatic carbocycles. The fraction of sp³-hybridized carbons (Fsp3) is 0.634. The van der Waals surface area contributed by atoms with Crippen molar-refractivity contribution in [3.05, 3.63) is 72.9 Å². The van der Waals surface area contributed by atoms with Gasteiger partial charge in [-0.1, -0.05) is 99.6 Å². The third kappa shape index (κ3) is 30.6. The minimum Gasteiger partial charge on any atom is -0.477 e. The summed E-state index contributed by atoms with van der Waals surface area (Å²) in [5.41, 5.74) is 0. The molecule has 8 nitrogen and oxygen atoms in total. The minimum absolute atomic E-state index is 0.0317. The molecular formula is C41H68NO7+. The lowest BCUT2D eigenvalue weighted by molar-refractivity contribution is -0.887. The summed E-state index contributed by atoms with van der Waals surface area (Å²) >= 11 is 0. The van der Waals surface area contributed by atoms with E-state index in [9.17, 15) is 19.5 Å². The summed E-state index contributed by atoms with van der Waals surface area (Å²) in [6.07, 6.45) is 38.2. The Morgan fingerprint density at radius 1 is 0.612 bits per heavy atom. The lowest BCUT2D eigenvalue weighted by Gasteiger charge is -2.31. The van der Waals surface area contributed by atoms with Gasteiger partial charge in [0.25, 0.3) is 0 Å². The molecule has 0 heterocycles. The van der Waals surface area contributed by atoms with Crippen LogP contribution in [0.4, 0.5) is 0 Å². The Kier molecular flexibility index (Phi) is 29.9. The fourth-order valence-corrected chi connectivity index (χ4v) is 4.77. The first kappa shape index (κ1) is 45.8. The van der Waals surface area contributed by atoms with Gasteiger partial charge in [-0.2, -0.15) is 0 Å². The number of likely N-dealkylation sites (N-methyl/N-ethyl adjacent to an activating group) is 1. The summed E-state index contributed by atoms with van der Waals surface area (Å²) < 4.78 is 17.1. The summed E-state index contributed by atoms with van der Waals surface area (Å²) in [7, 11) is 5.48. The van der Waals surface area contributed by atoms with Gasteiger partial charge in [-0.3, -0.25) is 9.59 Å². The van der Waals surface area contributed by atoms with Crippen molar-refractivity contribution in [2.45, 2.75) is 129 Å². The van der Waals surface area contributed by atoms with Crippen LogP contribution in [-0.2, 0) is 28.6 Å². The van der Waals surface area contributed by atoms with Crippen molar-refractivity contribution in [2.75, 3.05) is 41.0 Å². The van der Waals surface area contributed by atoms with Gasteiger partial charge in [-0.15, -0.1) is 0 Å². The Morgan fingerprint density at radius 3 is 1.63 bits per heavy atom. The Bertz CT molecular complexity index is 1030. The van der Waals surface area contributed by atoms with Crippen LogP contribution in [0.1, 0.15) is 117 Å². The van der Waals surface area contributed by atoms with E-state index in [-0.39, 0.29) is 49.1 Å². The van der Waals surface area contributed by atoms with Crippen molar-refractivity contribution in [3.63, 3.8) is 0 Å². The third-order valence-electron chi connectivity index (χ3n) is 7.60. The average molecular weight is 687 g/mol. The van der Waals surface area contributed by atoms with Gasteiger partial charge in [0.1, 0.15) is 6.61 Å². The van der Waals surface area contributed by atoms with Crippen LogP contribution in [0.2, 0.25) is 0 Å². The predicted molar refractivity (Wildman–Crippen MR) is 201 cm³/mol. The third-order valence-corrected chi connectivity index (χ3v) is 7.60. The number of rotatable bonds is 31. The number of nitrogens with zero attached hydrogens (tertiary/aromatic N) is 1. The highest BCUT2D eigenvalue weighted by Crippen LogP contribution is 2.11. The SMILES string of the molecule is CC/C=C/C/C=C/C/C=C/CCCCCCC(=O)OC(COCCC(C(=O)O)[N+](C)(C)C)COC(=O)CCC/C=C/C/C=C/C/C=C/CC. The monoisotopic (exact) mass is 686 g/mol. The number of allylic oxidation sites excluding steroid dienone is 12. The molecule has 0 saturated heterocycles. The van der Waals surface area contributed by atoms with Crippen LogP contribution < -0.4 is 0 Å². The number of carbonyl (C=O) groups is 3. The molecule has 0 saturated carbocycles. The summed E-state index contributed by atoms with van der Waals surface area (Å²) in [4.78, 5) is 36.7. The number of hydrogen-bond donors (Lipinski definition) is 1. The lowest BCUT2D eigenvalue weighted by atomic mass is 10.1. The molecule has 2 unspecified atom stereocenters. The summed E-state index contributed by atoms with van der Waals surface area (Å²) in [6, 6.07) is -0.628. The van der Waals surface area contributed by atoms with Crippen molar-refractivity contribution < 1.29 is 38.2 Å². The number of esters is 2. The Labute approximate surface area is 298 Å². The highest BCUT2D eigenvalue weighted by atomic mass is 16.6. The molecule has 8 heteroatoms. The number of carboxylic acid groups (broad SMARTS) is 1. The van der Waals surface area contributed by atoms with Crippen molar-refractivity contribution >= 4 is 17.9 Å². The van der Waals surface area contributed by atoms with Crippen molar-refractivity contribution in [3.8, 4) is 0 Å². The maximum Gasteiger partial charge on any atom is 0.362 e. The second-order valence-corrected chi connectivity index (χ2v) is 13.1. The molecular weight excluding hydrogens is 618 g/mol. The van der Waals surface area contributed by atoms with Crippen LogP contribution in [-0.4, -0.2) is 80.6 Å². The van der Waals surface area contributed by atoms with Gasteiger partial charge in [-0.25, -0.2) is 4.79 Å². The minimum atomic E-state index is -0.890. The molecule has 0 amide bonds. The predicted octanol–water partition coefficient (Wildman–Crippen LogP) is 9.24. The van der Waals surface area contributed by atoms with Crippen molar-refractivity contribution in [1.29, 1.82) is 0 Å². The highest BCUT2D eigenvalue weighted by Gasteiger charge is 2.31. The van der Waals surface area contributed by atoms with E-state index in [1.807, 2.05) is 21.1 Å². The summed E-state index contributed by atoms with van der Waals surface area (Å²) in [5, 5.41) is 9.57. The molecule has 0 aromatic heterocycles. The van der Waals surface area contributed by atoms with Gasteiger partial charge >= 0.3 is 17.9 Å². The fourth-order valence-electron chi connectivity index (χ4n) is 4.77. The lowest BCUT2D eigenvalue weighted by Crippen LogP contribution is -2.50. The molecule has 0 aliphatic rings. The zero-order valence-corrected chi connectivity index (χ0v) is 31.4. The van der Waals surface area contributed by atoms with E-state index in [2.05, 4.69) is 86.8 Å². The Balaban J connectivity index is 4.57. The van der Waals surface area contributed by atoms with Gasteiger partial charge in [0.2, 0.25) is 0 Å². The quantitative estimate of drug-likeness (QED) is 0.0336.